The van der Waals surface area contributed by atoms with Gasteiger partial charge in [-0.15, -0.1) is 0 Å². The van der Waals surface area contributed by atoms with Crippen LogP contribution in [-0.4, -0.2) is 49.4 Å². The highest BCUT2D eigenvalue weighted by molar-refractivity contribution is 5.94. The number of carbonyl (C=O) groups excluding carboxylic acids is 3. The second-order valence-corrected chi connectivity index (χ2v) is 7.84. The molecule has 30 heavy (non-hydrogen) atoms. The van der Waals surface area contributed by atoms with Crippen LogP contribution in [0, 0.1) is 5.92 Å². The van der Waals surface area contributed by atoms with Crippen molar-refractivity contribution in [3.8, 4) is 0 Å². The lowest BCUT2D eigenvalue weighted by Crippen LogP contribution is -2.28. The van der Waals surface area contributed by atoms with Crippen molar-refractivity contribution in [2.24, 2.45) is 5.92 Å². The molecule has 2 heterocycles. The molecule has 7 nitrogen and oxygen atoms in total. The van der Waals surface area contributed by atoms with Gasteiger partial charge in [0.15, 0.2) is 0 Å². The highest BCUT2D eigenvalue weighted by Gasteiger charge is 2.47. The minimum atomic E-state index is -0.633. The van der Waals surface area contributed by atoms with Crippen LogP contribution in [-0.2, 0) is 33.3 Å². The maximum Gasteiger partial charge on any atom is 0.337 e. The number of fused-ring (bicyclic) bond motifs is 3. The molecule has 0 aromatic heterocycles. The Morgan fingerprint density at radius 2 is 1.87 bits per heavy atom. The van der Waals surface area contributed by atoms with Crippen LogP contribution in [0.3, 0.4) is 0 Å². The van der Waals surface area contributed by atoms with Gasteiger partial charge in [-0.1, -0.05) is 26.3 Å². The summed E-state index contributed by atoms with van der Waals surface area (Å²) in [5, 5.41) is 0. The van der Waals surface area contributed by atoms with E-state index in [1.165, 1.54) is 0 Å². The molecule has 0 radical (unpaired) electrons. The molecule has 0 aromatic carbocycles. The first-order valence-corrected chi connectivity index (χ1v) is 10.7. The molecule has 3 rings (SSSR count). The summed E-state index contributed by atoms with van der Waals surface area (Å²) in [7, 11) is 0. The molecular formula is C23H30O7. The second-order valence-electron chi connectivity index (χ2n) is 7.84. The van der Waals surface area contributed by atoms with Crippen LogP contribution < -0.4 is 0 Å². The van der Waals surface area contributed by atoms with Crippen LogP contribution in [0.4, 0.5) is 0 Å². The Kier molecular flexibility index (Phi) is 7.48. The first-order chi connectivity index (χ1) is 14.4. The van der Waals surface area contributed by atoms with E-state index in [0.29, 0.717) is 31.4 Å². The summed E-state index contributed by atoms with van der Waals surface area (Å²) in [5.74, 6) is -1.69. The number of hydrogen-bond acceptors (Lipinski definition) is 7. The third-order valence-corrected chi connectivity index (χ3v) is 5.68. The van der Waals surface area contributed by atoms with Gasteiger partial charge in [0, 0.05) is 18.6 Å². The quantitative estimate of drug-likeness (QED) is 0.197. The molecule has 0 N–H and O–H groups in total. The fraction of sp³-hybridized carbons (Fsp3) is 0.609. The summed E-state index contributed by atoms with van der Waals surface area (Å²) >= 11 is 0. The van der Waals surface area contributed by atoms with E-state index in [-0.39, 0.29) is 18.1 Å². The Balaban J connectivity index is 1.80. The van der Waals surface area contributed by atoms with Gasteiger partial charge in [0.1, 0.15) is 18.8 Å². The molecule has 0 spiro atoms. The smallest absolute Gasteiger partial charge is 0.337 e. The predicted molar refractivity (Wildman–Crippen MR) is 108 cm³/mol. The molecule has 0 aromatic rings. The molecule has 4 atom stereocenters. The van der Waals surface area contributed by atoms with Crippen LogP contribution >= 0.6 is 0 Å². The zero-order chi connectivity index (χ0) is 21.7. The second kappa shape index (κ2) is 10.1. The third kappa shape index (κ3) is 5.01. The topological polar surface area (TPSA) is 88.1 Å². The SMILES string of the molecule is C=C1C(=O)OC2/C=C(/COC(=O)CCCCC)CCC(OCC)C3=CC(OC3=O)C12. The third-order valence-electron chi connectivity index (χ3n) is 5.68. The molecule has 1 aliphatic carbocycles. The van der Waals surface area contributed by atoms with Crippen LogP contribution in [0.1, 0.15) is 52.4 Å². The summed E-state index contributed by atoms with van der Waals surface area (Å²) in [5.41, 5.74) is 1.57. The first-order valence-electron chi connectivity index (χ1n) is 10.7. The van der Waals surface area contributed by atoms with Gasteiger partial charge in [-0.3, -0.25) is 4.79 Å². The van der Waals surface area contributed by atoms with Gasteiger partial charge in [0.05, 0.1) is 17.6 Å². The van der Waals surface area contributed by atoms with Crippen molar-refractivity contribution in [2.45, 2.75) is 70.7 Å². The molecule has 1 saturated heterocycles. The van der Waals surface area contributed by atoms with E-state index in [4.69, 9.17) is 18.9 Å². The molecule has 0 saturated carbocycles. The average Bonchev–Trinajstić information content (AvgIpc) is 3.21. The molecular weight excluding hydrogens is 388 g/mol. The van der Waals surface area contributed by atoms with E-state index in [1.54, 1.807) is 6.08 Å². The van der Waals surface area contributed by atoms with Crippen molar-refractivity contribution in [2.75, 3.05) is 13.2 Å². The van der Waals surface area contributed by atoms with Crippen molar-refractivity contribution in [3.63, 3.8) is 0 Å². The summed E-state index contributed by atoms with van der Waals surface area (Å²) in [6.07, 6.45) is 6.17. The Labute approximate surface area is 177 Å². The van der Waals surface area contributed by atoms with Crippen molar-refractivity contribution in [1.29, 1.82) is 0 Å². The van der Waals surface area contributed by atoms with Crippen molar-refractivity contribution in [3.05, 3.63) is 35.5 Å². The minimum absolute atomic E-state index is 0.121. The highest BCUT2D eigenvalue weighted by Crippen LogP contribution is 2.38. The fourth-order valence-corrected chi connectivity index (χ4v) is 4.06. The van der Waals surface area contributed by atoms with Crippen LogP contribution in [0.15, 0.2) is 35.5 Å². The van der Waals surface area contributed by atoms with Gasteiger partial charge in [0.2, 0.25) is 0 Å². The Bertz CT molecular complexity index is 764. The summed E-state index contributed by atoms with van der Waals surface area (Å²) in [4.78, 5) is 36.7. The first kappa shape index (κ1) is 22.3. The predicted octanol–water partition coefficient (Wildman–Crippen LogP) is 3.18. The van der Waals surface area contributed by atoms with Crippen molar-refractivity contribution in [1.82, 2.24) is 0 Å². The molecule has 1 fully saturated rings. The van der Waals surface area contributed by atoms with Gasteiger partial charge in [0.25, 0.3) is 0 Å². The molecule has 2 aliphatic heterocycles. The summed E-state index contributed by atoms with van der Waals surface area (Å²) < 4.78 is 22.3. The zero-order valence-corrected chi connectivity index (χ0v) is 17.7. The van der Waals surface area contributed by atoms with Crippen molar-refractivity contribution < 1.29 is 33.3 Å². The van der Waals surface area contributed by atoms with Crippen molar-refractivity contribution >= 4 is 17.9 Å². The van der Waals surface area contributed by atoms with E-state index in [1.807, 2.05) is 13.0 Å². The largest absolute Gasteiger partial charge is 0.461 e. The molecule has 4 unspecified atom stereocenters. The average molecular weight is 418 g/mol. The van der Waals surface area contributed by atoms with Gasteiger partial charge in [-0.05, 0) is 43.9 Å². The van der Waals surface area contributed by atoms with Gasteiger partial charge in [-0.2, -0.15) is 0 Å². The maximum atomic E-state index is 12.5. The number of unbranched alkanes of at least 4 members (excludes halogenated alkanes) is 2. The molecule has 2 bridgehead atoms. The lowest BCUT2D eigenvalue weighted by Gasteiger charge is -2.22. The zero-order valence-electron chi connectivity index (χ0n) is 17.7. The molecule has 7 heteroatoms. The standard InChI is InChI=1S/C23H30O7/c1-4-6-7-8-20(24)28-13-15-9-10-17(27-5-2)16-12-19(30-23(16)26)21-14(3)22(25)29-18(21)11-15/h11-12,17-19,21H,3-10,13H2,1-2H3/b15-11+. The number of hydrogen-bond donors (Lipinski definition) is 0. The van der Waals surface area contributed by atoms with Gasteiger partial charge in [-0.25, -0.2) is 9.59 Å². The molecule has 3 aliphatic rings. The highest BCUT2D eigenvalue weighted by atomic mass is 16.6. The fourth-order valence-electron chi connectivity index (χ4n) is 4.06. The van der Waals surface area contributed by atoms with E-state index in [0.717, 1.165) is 24.8 Å². The Morgan fingerprint density at radius 3 is 2.60 bits per heavy atom. The normalized spacial score (nSPS) is 30.0. The molecule has 164 valence electrons. The van der Waals surface area contributed by atoms with Crippen LogP contribution in [0.25, 0.3) is 0 Å². The summed E-state index contributed by atoms with van der Waals surface area (Å²) in [6, 6.07) is 0. The van der Waals surface area contributed by atoms with Crippen LogP contribution in [0.2, 0.25) is 0 Å². The Morgan fingerprint density at radius 1 is 1.13 bits per heavy atom. The van der Waals surface area contributed by atoms with Crippen LogP contribution in [0.5, 0.6) is 0 Å². The lowest BCUT2D eigenvalue weighted by atomic mass is 9.87. The van der Waals surface area contributed by atoms with Gasteiger partial charge < -0.3 is 18.9 Å². The van der Waals surface area contributed by atoms with E-state index < -0.39 is 36.2 Å². The number of carbonyl (C=O) groups is 3. The van der Waals surface area contributed by atoms with E-state index in [2.05, 4.69) is 13.5 Å². The summed E-state index contributed by atoms with van der Waals surface area (Å²) in [6.45, 7) is 8.36. The Hall–Kier alpha value is -2.41. The van der Waals surface area contributed by atoms with Gasteiger partial charge >= 0.3 is 17.9 Å². The number of rotatable bonds is 8. The maximum absolute atomic E-state index is 12.5. The number of esters is 3. The monoisotopic (exact) mass is 418 g/mol. The van der Waals surface area contributed by atoms with E-state index in [9.17, 15) is 14.4 Å². The lowest BCUT2D eigenvalue weighted by molar-refractivity contribution is -0.144. The minimum Gasteiger partial charge on any atom is -0.461 e. The van der Waals surface area contributed by atoms with E-state index >= 15 is 0 Å². The molecule has 0 amide bonds. The number of ether oxygens (including phenoxy) is 4.